The van der Waals surface area contributed by atoms with Gasteiger partial charge in [-0.2, -0.15) is 0 Å². The van der Waals surface area contributed by atoms with Crippen molar-refractivity contribution in [2.75, 3.05) is 20.5 Å². The van der Waals surface area contributed by atoms with Crippen LogP contribution in [0.5, 0.6) is 0 Å². The molecule has 0 aliphatic heterocycles. The van der Waals surface area contributed by atoms with Crippen molar-refractivity contribution in [2.24, 2.45) is 5.73 Å². The van der Waals surface area contributed by atoms with E-state index in [2.05, 4.69) is 9.47 Å². The van der Waals surface area contributed by atoms with Crippen molar-refractivity contribution in [3.05, 3.63) is 35.6 Å². The number of primary amides is 1. The van der Waals surface area contributed by atoms with Gasteiger partial charge in [0.25, 0.3) is 0 Å². The third kappa shape index (κ3) is 8.18. The Morgan fingerprint density at radius 3 is 2.53 bits per heavy atom. The molecule has 0 radical (unpaired) electrons. The second-order valence-electron chi connectivity index (χ2n) is 2.93. The molecule has 0 aliphatic carbocycles. The SMILES string of the molecule is COCO.NC(=O)OCCc1ccccc1F. The van der Waals surface area contributed by atoms with E-state index in [9.17, 15) is 9.18 Å². The van der Waals surface area contributed by atoms with Crippen LogP contribution in [0.25, 0.3) is 0 Å². The van der Waals surface area contributed by atoms with E-state index in [1.54, 1.807) is 18.2 Å². The number of ether oxygens (including phenoxy) is 2. The summed E-state index contributed by atoms with van der Waals surface area (Å²) in [5.74, 6) is -0.296. The maximum atomic E-state index is 12.9. The number of rotatable bonds is 4. The van der Waals surface area contributed by atoms with Gasteiger partial charge in [-0.1, -0.05) is 18.2 Å². The molecule has 1 aromatic carbocycles. The van der Waals surface area contributed by atoms with Crippen LogP contribution in [0.2, 0.25) is 0 Å². The number of aliphatic hydroxyl groups is 1. The van der Waals surface area contributed by atoms with Crippen LogP contribution in [0, 0.1) is 5.82 Å². The second-order valence-corrected chi connectivity index (χ2v) is 2.93. The van der Waals surface area contributed by atoms with Crippen molar-refractivity contribution < 1.29 is 23.8 Å². The molecule has 6 heteroatoms. The highest BCUT2D eigenvalue weighted by atomic mass is 19.1. The summed E-state index contributed by atoms with van der Waals surface area (Å²) >= 11 is 0. The third-order valence-corrected chi connectivity index (χ3v) is 1.70. The molecular weight excluding hydrogens is 229 g/mol. The van der Waals surface area contributed by atoms with Crippen LogP contribution >= 0.6 is 0 Å². The maximum absolute atomic E-state index is 12.9. The Bertz CT molecular complexity index is 331. The van der Waals surface area contributed by atoms with E-state index in [-0.39, 0.29) is 19.2 Å². The van der Waals surface area contributed by atoms with Crippen LogP contribution in [-0.2, 0) is 15.9 Å². The predicted octanol–water partition coefficient (Wildman–Crippen LogP) is 1.05. The summed E-state index contributed by atoms with van der Waals surface area (Å²) < 4.78 is 21.5. The molecule has 0 unspecified atom stereocenters. The number of amides is 1. The van der Waals surface area contributed by atoms with E-state index in [1.165, 1.54) is 13.2 Å². The van der Waals surface area contributed by atoms with Gasteiger partial charge in [-0.15, -0.1) is 0 Å². The Morgan fingerprint density at radius 1 is 1.47 bits per heavy atom. The number of carbonyl (C=O) groups is 1. The maximum Gasteiger partial charge on any atom is 0.404 e. The van der Waals surface area contributed by atoms with Gasteiger partial charge >= 0.3 is 6.09 Å². The number of nitrogens with two attached hydrogens (primary N) is 1. The fourth-order valence-electron chi connectivity index (χ4n) is 0.963. The highest BCUT2D eigenvalue weighted by Crippen LogP contribution is 2.06. The van der Waals surface area contributed by atoms with Gasteiger partial charge in [-0.25, -0.2) is 9.18 Å². The van der Waals surface area contributed by atoms with Crippen LogP contribution in [0.15, 0.2) is 24.3 Å². The van der Waals surface area contributed by atoms with Crippen molar-refractivity contribution in [1.82, 2.24) is 0 Å². The van der Waals surface area contributed by atoms with Gasteiger partial charge in [-0.3, -0.25) is 0 Å². The lowest BCUT2D eigenvalue weighted by Crippen LogP contribution is -2.15. The van der Waals surface area contributed by atoms with Gasteiger partial charge in [0.2, 0.25) is 0 Å². The first-order valence-electron chi connectivity index (χ1n) is 4.87. The number of aliphatic hydroxyl groups excluding tert-OH is 1. The molecule has 1 amide bonds. The summed E-state index contributed by atoms with van der Waals surface area (Å²) in [6.45, 7) is -0.0731. The number of benzene rings is 1. The largest absolute Gasteiger partial charge is 0.449 e. The average molecular weight is 245 g/mol. The summed E-state index contributed by atoms with van der Waals surface area (Å²) in [6, 6.07) is 6.33. The fourth-order valence-corrected chi connectivity index (χ4v) is 0.963. The first-order chi connectivity index (χ1) is 8.11. The Labute approximate surface area is 99.0 Å². The zero-order chi connectivity index (χ0) is 13.1. The van der Waals surface area contributed by atoms with Gasteiger partial charge in [-0.05, 0) is 11.6 Å². The topological polar surface area (TPSA) is 81.8 Å². The highest BCUT2D eigenvalue weighted by Gasteiger charge is 2.00. The number of carbonyl (C=O) groups excluding carboxylic acids is 1. The predicted molar refractivity (Wildman–Crippen MR) is 59.7 cm³/mol. The summed E-state index contributed by atoms with van der Waals surface area (Å²) in [7, 11) is 1.43. The van der Waals surface area contributed by atoms with Crippen LogP contribution in [0.3, 0.4) is 0 Å². The van der Waals surface area contributed by atoms with E-state index in [0.717, 1.165) is 0 Å². The van der Waals surface area contributed by atoms with Gasteiger partial charge in [0.1, 0.15) is 12.6 Å². The quantitative estimate of drug-likeness (QED) is 0.777. The molecule has 1 rings (SSSR count). The Balaban J connectivity index is 0.000000557. The molecule has 3 N–H and O–H groups in total. The molecule has 0 aliphatic rings. The van der Waals surface area contributed by atoms with Crippen molar-refractivity contribution >= 4 is 6.09 Å². The van der Waals surface area contributed by atoms with E-state index in [1.807, 2.05) is 0 Å². The van der Waals surface area contributed by atoms with E-state index in [0.29, 0.717) is 12.0 Å². The normalized spacial score (nSPS) is 9.12. The average Bonchev–Trinajstić information content (AvgIpc) is 2.31. The van der Waals surface area contributed by atoms with Gasteiger partial charge in [0.05, 0.1) is 6.61 Å². The van der Waals surface area contributed by atoms with Crippen LogP contribution in [0.4, 0.5) is 9.18 Å². The molecule has 0 aromatic heterocycles. The summed E-state index contributed by atoms with van der Waals surface area (Å²) in [5.41, 5.74) is 5.26. The van der Waals surface area contributed by atoms with Gasteiger partial charge < -0.3 is 20.3 Å². The zero-order valence-electron chi connectivity index (χ0n) is 9.56. The van der Waals surface area contributed by atoms with Crippen LogP contribution in [-0.4, -0.2) is 31.7 Å². The molecule has 0 saturated carbocycles. The van der Waals surface area contributed by atoms with Gasteiger partial charge in [0, 0.05) is 13.5 Å². The molecule has 0 fully saturated rings. The Kier molecular flexibility index (Phi) is 8.62. The van der Waals surface area contributed by atoms with Crippen LogP contribution in [0.1, 0.15) is 5.56 Å². The molecule has 96 valence electrons. The first kappa shape index (κ1) is 15.3. The lowest BCUT2D eigenvalue weighted by atomic mass is 10.1. The lowest BCUT2D eigenvalue weighted by molar-refractivity contribution is 0.0325. The molecule has 5 nitrogen and oxygen atoms in total. The summed E-state index contributed by atoms with van der Waals surface area (Å²) in [6.07, 6.45) is -0.494. The molecule has 17 heavy (non-hydrogen) atoms. The molecular formula is C11H16FNO4. The third-order valence-electron chi connectivity index (χ3n) is 1.70. The molecule has 1 aromatic rings. The van der Waals surface area contributed by atoms with Crippen molar-refractivity contribution in [3.63, 3.8) is 0 Å². The van der Waals surface area contributed by atoms with Gasteiger partial charge in [0.15, 0.2) is 0 Å². The number of halogens is 1. The Morgan fingerprint density at radius 2 is 2.06 bits per heavy atom. The molecule has 0 bridgehead atoms. The Hall–Kier alpha value is -1.66. The van der Waals surface area contributed by atoms with Crippen molar-refractivity contribution in [2.45, 2.75) is 6.42 Å². The molecule has 0 atom stereocenters. The molecule has 0 spiro atoms. The minimum Gasteiger partial charge on any atom is -0.449 e. The van der Waals surface area contributed by atoms with Crippen molar-refractivity contribution in [3.8, 4) is 0 Å². The molecule has 0 saturated heterocycles. The first-order valence-corrected chi connectivity index (χ1v) is 4.87. The summed E-state index contributed by atoms with van der Waals surface area (Å²) in [5, 5.41) is 7.65. The van der Waals surface area contributed by atoms with E-state index < -0.39 is 6.09 Å². The molecule has 0 heterocycles. The minimum atomic E-state index is -0.837. The highest BCUT2D eigenvalue weighted by molar-refractivity contribution is 5.64. The minimum absolute atomic E-state index is 0.107. The fraction of sp³-hybridized carbons (Fsp3) is 0.364. The van der Waals surface area contributed by atoms with E-state index in [4.69, 9.17) is 10.8 Å². The number of hydrogen-bond acceptors (Lipinski definition) is 4. The summed E-state index contributed by atoms with van der Waals surface area (Å²) in [4.78, 5) is 10.2. The zero-order valence-corrected chi connectivity index (χ0v) is 9.56. The second kappa shape index (κ2) is 9.56. The smallest absolute Gasteiger partial charge is 0.404 e. The standard InChI is InChI=1S/C9H10FNO2.C2H6O2/c10-8-4-2-1-3-7(8)5-6-13-9(11)12;1-4-2-3/h1-4H,5-6H2,(H2,11,12);3H,2H2,1H3. The van der Waals surface area contributed by atoms with Crippen molar-refractivity contribution in [1.29, 1.82) is 0 Å². The lowest BCUT2D eigenvalue weighted by Gasteiger charge is -2.02. The number of methoxy groups -OCH3 is 1. The van der Waals surface area contributed by atoms with Crippen LogP contribution < -0.4 is 5.73 Å². The monoisotopic (exact) mass is 245 g/mol. The number of hydrogen-bond donors (Lipinski definition) is 2. The van der Waals surface area contributed by atoms with E-state index >= 15 is 0 Å².